The molecule has 0 saturated heterocycles. The van der Waals surface area contributed by atoms with Crippen LogP contribution in [0, 0.1) is 0 Å². The second-order valence-corrected chi connectivity index (χ2v) is 7.04. The van der Waals surface area contributed by atoms with Crippen LogP contribution < -0.4 is 10.5 Å². The van der Waals surface area contributed by atoms with E-state index in [1.54, 1.807) is 12.1 Å². The molecule has 4 nitrogen and oxygen atoms in total. The second kappa shape index (κ2) is 9.79. The van der Waals surface area contributed by atoms with Gasteiger partial charge in [0.15, 0.2) is 0 Å². The van der Waals surface area contributed by atoms with Crippen LogP contribution in [0.5, 0.6) is 0 Å². The molecular formula is C16H28N2O2S. The van der Waals surface area contributed by atoms with Crippen molar-refractivity contribution in [2.75, 3.05) is 11.9 Å². The zero-order chi connectivity index (χ0) is 15.6. The largest absolute Gasteiger partial charge is 0.385 e. The Morgan fingerprint density at radius 1 is 1.00 bits per heavy atom. The van der Waals surface area contributed by atoms with E-state index in [-0.39, 0.29) is 4.90 Å². The van der Waals surface area contributed by atoms with E-state index in [1.165, 1.54) is 51.0 Å². The molecule has 0 unspecified atom stereocenters. The molecule has 0 bridgehead atoms. The molecule has 0 spiro atoms. The van der Waals surface area contributed by atoms with E-state index in [0.717, 1.165) is 18.7 Å². The summed E-state index contributed by atoms with van der Waals surface area (Å²) >= 11 is 0. The third-order valence-electron chi connectivity index (χ3n) is 3.52. The highest BCUT2D eigenvalue weighted by molar-refractivity contribution is 7.89. The number of benzene rings is 1. The molecule has 0 aliphatic heterocycles. The third-order valence-corrected chi connectivity index (χ3v) is 4.43. The number of hydrogen-bond donors (Lipinski definition) is 2. The van der Waals surface area contributed by atoms with E-state index < -0.39 is 10.0 Å². The molecule has 0 amide bonds. The van der Waals surface area contributed by atoms with Gasteiger partial charge in [0, 0.05) is 12.2 Å². The lowest BCUT2D eigenvalue weighted by Crippen LogP contribution is -2.12. The zero-order valence-electron chi connectivity index (χ0n) is 13.0. The number of anilines is 1. The van der Waals surface area contributed by atoms with Crippen molar-refractivity contribution in [2.24, 2.45) is 5.14 Å². The second-order valence-electron chi connectivity index (χ2n) is 5.47. The van der Waals surface area contributed by atoms with Gasteiger partial charge in [-0.1, -0.05) is 57.9 Å². The van der Waals surface area contributed by atoms with Gasteiger partial charge in [0.2, 0.25) is 10.0 Å². The van der Waals surface area contributed by atoms with Gasteiger partial charge in [0.05, 0.1) is 4.90 Å². The maximum absolute atomic E-state index is 11.3. The zero-order valence-corrected chi connectivity index (χ0v) is 13.8. The molecule has 0 fully saturated rings. The molecule has 1 aromatic carbocycles. The summed E-state index contributed by atoms with van der Waals surface area (Å²) in [6, 6.07) is 6.66. The van der Waals surface area contributed by atoms with Gasteiger partial charge < -0.3 is 5.32 Å². The Labute approximate surface area is 129 Å². The number of nitrogens with two attached hydrogens (primary N) is 1. The maximum Gasteiger partial charge on any atom is 0.238 e. The number of nitrogens with one attached hydrogen (secondary N) is 1. The van der Waals surface area contributed by atoms with Gasteiger partial charge in [0.1, 0.15) is 0 Å². The molecule has 1 rings (SSSR count). The monoisotopic (exact) mass is 312 g/mol. The van der Waals surface area contributed by atoms with Crippen molar-refractivity contribution in [3.8, 4) is 0 Å². The van der Waals surface area contributed by atoms with E-state index in [0.29, 0.717) is 0 Å². The minimum Gasteiger partial charge on any atom is -0.385 e. The minimum atomic E-state index is -3.62. The van der Waals surface area contributed by atoms with Crippen LogP contribution in [-0.4, -0.2) is 15.0 Å². The average Bonchev–Trinajstić information content (AvgIpc) is 2.45. The number of hydrogen-bond acceptors (Lipinski definition) is 3. The maximum atomic E-state index is 11.3. The summed E-state index contributed by atoms with van der Waals surface area (Å²) in [6.07, 6.45) is 10.3. The first-order chi connectivity index (χ1) is 10.0. The number of sulfonamides is 1. The van der Waals surface area contributed by atoms with Crippen LogP contribution in [0.2, 0.25) is 0 Å². The van der Waals surface area contributed by atoms with E-state index in [9.17, 15) is 8.42 Å². The first-order valence-electron chi connectivity index (χ1n) is 7.91. The van der Waals surface area contributed by atoms with Crippen LogP contribution >= 0.6 is 0 Å². The van der Waals surface area contributed by atoms with E-state index in [1.807, 2.05) is 6.07 Å². The van der Waals surface area contributed by atoms with Crippen LogP contribution in [0.15, 0.2) is 29.2 Å². The average molecular weight is 312 g/mol. The van der Waals surface area contributed by atoms with Crippen LogP contribution in [0.3, 0.4) is 0 Å². The SMILES string of the molecule is CCCCCCCCCCNc1cccc(S(N)(=O)=O)c1. The molecule has 0 aliphatic rings. The molecule has 0 saturated carbocycles. The van der Waals surface area contributed by atoms with Gasteiger partial charge in [-0.15, -0.1) is 0 Å². The molecule has 120 valence electrons. The van der Waals surface area contributed by atoms with Crippen LogP contribution in [0.1, 0.15) is 58.3 Å². The summed E-state index contributed by atoms with van der Waals surface area (Å²) in [7, 11) is -3.62. The Balaban J connectivity index is 2.16. The van der Waals surface area contributed by atoms with E-state index in [2.05, 4.69) is 12.2 Å². The van der Waals surface area contributed by atoms with Crippen molar-refractivity contribution in [1.29, 1.82) is 0 Å². The van der Waals surface area contributed by atoms with Crippen molar-refractivity contribution in [3.63, 3.8) is 0 Å². The van der Waals surface area contributed by atoms with Gasteiger partial charge in [-0.05, 0) is 24.6 Å². The summed E-state index contributed by atoms with van der Waals surface area (Å²) in [4.78, 5) is 0.156. The number of unbranched alkanes of at least 4 members (excludes halogenated alkanes) is 7. The highest BCUT2D eigenvalue weighted by atomic mass is 32.2. The topological polar surface area (TPSA) is 72.2 Å². The molecule has 0 aliphatic carbocycles. The van der Waals surface area contributed by atoms with Crippen LogP contribution in [0.25, 0.3) is 0 Å². The predicted molar refractivity (Wildman–Crippen MR) is 88.9 cm³/mol. The summed E-state index contributed by atoms with van der Waals surface area (Å²) in [5.41, 5.74) is 0.810. The lowest BCUT2D eigenvalue weighted by Gasteiger charge is -2.07. The predicted octanol–water partition coefficient (Wildman–Crippen LogP) is 3.89. The van der Waals surface area contributed by atoms with Gasteiger partial charge in [-0.2, -0.15) is 0 Å². The molecule has 0 atom stereocenters. The van der Waals surface area contributed by atoms with Crippen LogP contribution in [0.4, 0.5) is 5.69 Å². The standard InChI is InChI=1S/C16H28N2O2S/c1-2-3-4-5-6-7-8-9-13-18-15-11-10-12-16(14-15)21(17,19)20/h10-12,14,18H,2-9,13H2,1H3,(H2,17,19,20). The molecule has 1 aromatic rings. The van der Waals surface area contributed by atoms with Crippen LogP contribution in [-0.2, 0) is 10.0 Å². The molecule has 21 heavy (non-hydrogen) atoms. The van der Waals surface area contributed by atoms with Gasteiger partial charge >= 0.3 is 0 Å². The van der Waals surface area contributed by atoms with Gasteiger partial charge in [-0.25, -0.2) is 13.6 Å². The molecule has 0 radical (unpaired) electrons. The fourth-order valence-corrected chi connectivity index (χ4v) is 2.83. The van der Waals surface area contributed by atoms with Crippen molar-refractivity contribution in [1.82, 2.24) is 0 Å². The molecule has 5 heteroatoms. The normalized spacial score (nSPS) is 11.5. The Hall–Kier alpha value is -1.07. The first kappa shape index (κ1) is 18.0. The summed E-state index contributed by atoms with van der Waals surface area (Å²) in [6.45, 7) is 3.10. The van der Waals surface area contributed by atoms with Crippen molar-refractivity contribution in [3.05, 3.63) is 24.3 Å². The van der Waals surface area contributed by atoms with Crippen molar-refractivity contribution in [2.45, 2.75) is 63.2 Å². The fraction of sp³-hybridized carbons (Fsp3) is 0.625. The Morgan fingerprint density at radius 3 is 2.24 bits per heavy atom. The van der Waals surface area contributed by atoms with E-state index >= 15 is 0 Å². The van der Waals surface area contributed by atoms with Crippen molar-refractivity contribution < 1.29 is 8.42 Å². The minimum absolute atomic E-state index is 0.156. The molecule has 0 aromatic heterocycles. The lowest BCUT2D eigenvalue weighted by atomic mass is 10.1. The Kier molecular flexibility index (Phi) is 8.38. The smallest absolute Gasteiger partial charge is 0.238 e. The summed E-state index contributed by atoms with van der Waals surface area (Å²) in [5.74, 6) is 0. The molecule has 3 N–H and O–H groups in total. The Morgan fingerprint density at radius 2 is 1.62 bits per heavy atom. The third kappa shape index (κ3) is 8.07. The summed E-state index contributed by atoms with van der Waals surface area (Å²) < 4.78 is 22.5. The number of rotatable bonds is 11. The summed E-state index contributed by atoms with van der Waals surface area (Å²) in [5, 5.41) is 8.36. The Bertz CT molecular complexity index is 501. The molecular weight excluding hydrogens is 284 g/mol. The fourth-order valence-electron chi connectivity index (χ4n) is 2.27. The van der Waals surface area contributed by atoms with Gasteiger partial charge in [-0.3, -0.25) is 0 Å². The first-order valence-corrected chi connectivity index (χ1v) is 9.45. The quantitative estimate of drug-likeness (QED) is 0.609. The van der Waals surface area contributed by atoms with Gasteiger partial charge in [0.25, 0.3) is 0 Å². The lowest BCUT2D eigenvalue weighted by molar-refractivity contribution is 0.581. The number of primary sulfonamides is 1. The van der Waals surface area contributed by atoms with E-state index in [4.69, 9.17) is 5.14 Å². The van der Waals surface area contributed by atoms with Crippen molar-refractivity contribution >= 4 is 15.7 Å². The molecule has 0 heterocycles. The highest BCUT2D eigenvalue weighted by Gasteiger charge is 2.07. The highest BCUT2D eigenvalue weighted by Crippen LogP contribution is 2.14.